The van der Waals surface area contributed by atoms with Crippen LogP contribution in [-0.4, -0.2) is 35.8 Å². The Labute approximate surface area is 212 Å². The third-order valence-electron chi connectivity index (χ3n) is 7.24. The topological polar surface area (TPSA) is 69.0 Å². The van der Waals surface area contributed by atoms with E-state index < -0.39 is 10.0 Å². The number of rotatable bonds is 4. The van der Waals surface area contributed by atoms with Crippen molar-refractivity contribution < 1.29 is 8.42 Å². The molecule has 7 heteroatoms. The first-order valence-electron chi connectivity index (χ1n) is 11.4. The Morgan fingerprint density at radius 2 is 1.24 bits per heavy atom. The van der Waals surface area contributed by atoms with Crippen molar-refractivity contribution in [2.45, 2.75) is 23.2 Å². The molecular formula is C27H24IN3O2S. The third kappa shape index (κ3) is 3.40. The Bertz CT molecular complexity index is 1520. The molecule has 2 N–H and O–H groups in total. The highest BCUT2D eigenvalue weighted by atomic mass is 127. The predicted molar refractivity (Wildman–Crippen MR) is 145 cm³/mol. The van der Waals surface area contributed by atoms with Crippen LogP contribution in [0.2, 0.25) is 0 Å². The molecule has 5 aromatic rings. The van der Waals surface area contributed by atoms with Gasteiger partial charge in [-0.25, -0.2) is 8.42 Å². The van der Waals surface area contributed by atoms with Gasteiger partial charge in [0.05, 0.1) is 4.90 Å². The van der Waals surface area contributed by atoms with Crippen molar-refractivity contribution in [1.29, 1.82) is 0 Å². The average Bonchev–Trinajstić information content (AvgIpc) is 3.50. The van der Waals surface area contributed by atoms with Crippen LogP contribution in [0.3, 0.4) is 0 Å². The summed E-state index contributed by atoms with van der Waals surface area (Å²) in [6.45, 7) is 0.931. The van der Waals surface area contributed by atoms with Gasteiger partial charge in [-0.15, -0.1) is 0 Å². The molecule has 1 fully saturated rings. The van der Waals surface area contributed by atoms with Crippen molar-refractivity contribution >= 4 is 54.4 Å². The lowest BCUT2D eigenvalue weighted by Crippen LogP contribution is -2.45. The number of hydrogen-bond donors (Lipinski definition) is 2. The van der Waals surface area contributed by atoms with Gasteiger partial charge in [0.2, 0.25) is 10.0 Å². The highest BCUT2D eigenvalue weighted by Crippen LogP contribution is 2.47. The van der Waals surface area contributed by atoms with E-state index in [9.17, 15) is 8.42 Å². The van der Waals surface area contributed by atoms with Crippen molar-refractivity contribution in [3.63, 3.8) is 0 Å². The first kappa shape index (κ1) is 21.9. The maximum Gasteiger partial charge on any atom is 0.243 e. The van der Waals surface area contributed by atoms with Crippen molar-refractivity contribution in [1.82, 2.24) is 14.3 Å². The van der Waals surface area contributed by atoms with Gasteiger partial charge >= 0.3 is 0 Å². The third-order valence-corrected chi connectivity index (χ3v) is 9.87. The van der Waals surface area contributed by atoms with Crippen molar-refractivity contribution in [3.05, 3.63) is 99.9 Å². The van der Waals surface area contributed by atoms with Gasteiger partial charge in [0.1, 0.15) is 0 Å². The molecule has 1 saturated heterocycles. The first-order chi connectivity index (χ1) is 16.5. The van der Waals surface area contributed by atoms with Crippen molar-refractivity contribution in [2.75, 3.05) is 13.1 Å². The molecule has 0 unspecified atom stereocenters. The van der Waals surface area contributed by atoms with Crippen LogP contribution in [0.25, 0.3) is 21.8 Å². The maximum absolute atomic E-state index is 13.4. The van der Waals surface area contributed by atoms with Crippen molar-refractivity contribution in [3.8, 4) is 0 Å². The number of halogens is 1. The van der Waals surface area contributed by atoms with E-state index >= 15 is 0 Å². The second-order valence-corrected chi connectivity index (χ2v) is 12.1. The summed E-state index contributed by atoms with van der Waals surface area (Å²) < 4.78 is 29.5. The summed E-state index contributed by atoms with van der Waals surface area (Å²) in [7, 11) is -3.54. The Hall–Kier alpha value is -2.62. The lowest BCUT2D eigenvalue weighted by Gasteiger charge is -2.41. The second kappa shape index (κ2) is 8.25. The molecule has 0 atom stereocenters. The maximum atomic E-state index is 13.4. The van der Waals surface area contributed by atoms with E-state index in [0.29, 0.717) is 30.8 Å². The Balaban J connectivity index is 1.45. The van der Waals surface area contributed by atoms with Gasteiger partial charge in [-0.3, -0.25) is 0 Å². The summed E-state index contributed by atoms with van der Waals surface area (Å²) in [4.78, 5) is 7.26. The molecule has 0 aliphatic carbocycles. The number of fused-ring (bicyclic) bond motifs is 2. The van der Waals surface area contributed by atoms with E-state index in [1.807, 2.05) is 24.3 Å². The Morgan fingerprint density at radius 1 is 0.735 bits per heavy atom. The van der Waals surface area contributed by atoms with Crippen LogP contribution >= 0.6 is 22.6 Å². The molecular weight excluding hydrogens is 557 g/mol. The molecule has 2 aromatic heterocycles. The fourth-order valence-electron chi connectivity index (χ4n) is 5.48. The summed E-state index contributed by atoms with van der Waals surface area (Å²) in [5.41, 5.74) is 4.38. The molecule has 172 valence electrons. The number of para-hydroxylation sites is 2. The molecule has 1 aliphatic rings. The molecule has 5 nitrogen and oxygen atoms in total. The van der Waals surface area contributed by atoms with Crippen molar-refractivity contribution in [2.24, 2.45) is 0 Å². The number of piperidine rings is 1. The summed E-state index contributed by atoms with van der Waals surface area (Å²) in [6, 6.07) is 23.8. The van der Waals surface area contributed by atoms with E-state index in [2.05, 4.69) is 81.4 Å². The molecule has 3 aromatic carbocycles. The molecule has 3 heterocycles. The molecule has 1 aliphatic heterocycles. The highest BCUT2D eigenvalue weighted by Gasteiger charge is 2.43. The molecule has 6 rings (SSSR count). The summed E-state index contributed by atoms with van der Waals surface area (Å²) in [5, 5.41) is 2.39. The largest absolute Gasteiger partial charge is 0.361 e. The molecule has 34 heavy (non-hydrogen) atoms. The number of nitrogens with one attached hydrogen (secondary N) is 2. The van der Waals surface area contributed by atoms with Gasteiger partial charge in [-0.05, 0) is 83.0 Å². The Kier molecular flexibility index (Phi) is 5.31. The van der Waals surface area contributed by atoms with E-state index in [1.165, 1.54) is 21.9 Å². The minimum absolute atomic E-state index is 0.294. The summed E-state index contributed by atoms with van der Waals surface area (Å²) in [6.07, 6.45) is 5.66. The molecule has 0 saturated carbocycles. The SMILES string of the molecule is O=S(=O)(c1ccc(I)cc1)N1CCC(c2c[nH]c3ccccc23)(c2c[nH]c3ccccc23)CC1. The monoisotopic (exact) mass is 581 g/mol. The lowest BCUT2D eigenvalue weighted by atomic mass is 9.68. The average molecular weight is 581 g/mol. The highest BCUT2D eigenvalue weighted by molar-refractivity contribution is 14.1. The number of H-pyrrole nitrogens is 2. The van der Waals surface area contributed by atoms with Crippen LogP contribution in [0, 0.1) is 3.57 Å². The number of nitrogens with zero attached hydrogens (tertiary/aromatic N) is 1. The van der Waals surface area contributed by atoms with Gasteiger partial charge in [0, 0.05) is 56.3 Å². The number of hydrogen-bond acceptors (Lipinski definition) is 2. The van der Waals surface area contributed by atoms with Gasteiger partial charge in [-0.1, -0.05) is 36.4 Å². The smallest absolute Gasteiger partial charge is 0.243 e. The van der Waals surface area contributed by atoms with Crippen LogP contribution in [0.15, 0.2) is 90.1 Å². The van der Waals surface area contributed by atoms with Gasteiger partial charge in [0.25, 0.3) is 0 Å². The van der Waals surface area contributed by atoms with E-state index in [-0.39, 0.29) is 5.41 Å². The molecule has 0 amide bonds. The standard InChI is InChI=1S/C27H24IN3O2S/c28-19-9-11-20(12-10-19)34(32,33)31-15-13-27(14-16-31,23-17-29-25-7-3-1-5-21(23)25)24-18-30-26-8-4-2-6-22(24)26/h1-12,17-18,29-30H,13-16H2. The van der Waals surface area contributed by atoms with Crippen LogP contribution in [0.5, 0.6) is 0 Å². The number of benzene rings is 3. The fraction of sp³-hybridized carbons (Fsp3) is 0.185. The minimum atomic E-state index is -3.54. The van der Waals surface area contributed by atoms with Crippen LogP contribution in [0.4, 0.5) is 0 Å². The molecule has 0 radical (unpaired) electrons. The number of aromatic nitrogens is 2. The number of aromatic amines is 2. The van der Waals surface area contributed by atoms with Crippen LogP contribution < -0.4 is 0 Å². The van der Waals surface area contributed by atoms with Crippen LogP contribution in [-0.2, 0) is 15.4 Å². The molecule has 0 bridgehead atoms. The summed E-state index contributed by atoms with van der Waals surface area (Å²) in [5.74, 6) is 0. The quantitative estimate of drug-likeness (QED) is 0.255. The Morgan fingerprint density at radius 3 is 1.76 bits per heavy atom. The first-order valence-corrected chi connectivity index (χ1v) is 13.9. The fourth-order valence-corrected chi connectivity index (χ4v) is 7.28. The molecule has 0 spiro atoms. The number of sulfonamides is 1. The lowest BCUT2D eigenvalue weighted by molar-refractivity contribution is 0.268. The minimum Gasteiger partial charge on any atom is -0.361 e. The normalized spacial score (nSPS) is 16.9. The van der Waals surface area contributed by atoms with E-state index in [0.717, 1.165) is 14.6 Å². The van der Waals surface area contributed by atoms with Gasteiger partial charge in [-0.2, -0.15) is 4.31 Å². The zero-order valence-electron chi connectivity index (χ0n) is 18.5. The predicted octanol–water partition coefficient (Wildman–Crippen LogP) is 6.02. The summed E-state index contributed by atoms with van der Waals surface area (Å²) >= 11 is 2.19. The van der Waals surface area contributed by atoms with Crippen LogP contribution in [0.1, 0.15) is 24.0 Å². The zero-order valence-corrected chi connectivity index (χ0v) is 21.4. The van der Waals surface area contributed by atoms with E-state index in [4.69, 9.17) is 0 Å². The van der Waals surface area contributed by atoms with E-state index in [1.54, 1.807) is 16.4 Å². The van der Waals surface area contributed by atoms with Gasteiger partial charge < -0.3 is 9.97 Å². The zero-order chi connectivity index (χ0) is 23.3. The van der Waals surface area contributed by atoms with Gasteiger partial charge in [0.15, 0.2) is 0 Å². The second-order valence-electron chi connectivity index (χ2n) is 8.94.